The molecule has 5 rings (SSSR count). The van der Waals surface area contributed by atoms with E-state index in [1.165, 1.54) is 18.4 Å². The van der Waals surface area contributed by atoms with E-state index >= 15 is 0 Å². The van der Waals surface area contributed by atoms with Crippen molar-refractivity contribution in [2.45, 2.75) is 63.7 Å². The summed E-state index contributed by atoms with van der Waals surface area (Å²) in [7, 11) is 1.71. The average molecular weight is 509 g/mol. The largest absolute Gasteiger partial charge is 0.497 e. The molecule has 3 fully saturated rings. The molecular formula is C31H45FN4O. The minimum atomic E-state index is -0.118. The van der Waals surface area contributed by atoms with Crippen molar-refractivity contribution in [3.63, 3.8) is 0 Å². The molecule has 5 nitrogen and oxygen atoms in total. The molecule has 0 aromatic heterocycles. The molecule has 3 aliphatic heterocycles. The molecule has 6 heteroatoms. The second kappa shape index (κ2) is 11.8. The van der Waals surface area contributed by atoms with Crippen molar-refractivity contribution >= 4 is 0 Å². The highest BCUT2D eigenvalue weighted by atomic mass is 19.1. The van der Waals surface area contributed by atoms with Crippen LogP contribution in [0.1, 0.15) is 56.7 Å². The summed E-state index contributed by atoms with van der Waals surface area (Å²) >= 11 is 0. The zero-order valence-electron chi connectivity index (χ0n) is 23.0. The first kappa shape index (κ1) is 26.6. The van der Waals surface area contributed by atoms with Gasteiger partial charge in [-0.3, -0.25) is 14.7 Å². The monoisotopic (exact) mass is 508 g/mol. The molecular weight excluding hydrogens is 463 g/mol. The Bertz CT molecular complexity index is 1000. The summed E-state index contributed by atoms with van der Waals surface area (Å²) in [6, 6.07) is 16.6. The standard InChI is InChI=1S/C31H45FN4O/c1-24-22-35(31(2)13-15-33-16-14-31)19-20-36(24)30(27-5-4-6-28(32)21-27)26-11-17-34(18-12-26)23-25-7-9-29(37-3)10-8-25/h4-10,21,24,26,30,33H,11-20,22-23H2,1-3H3/t24-,30+/m0/s1. The van der Waals surface area contributed by atoms with Gasteiger partial charge in [-0.1, -0.05) is 24.3 Å². The van der Waals surface area contributed by atoms with Gasteiger partial charge in [0.15, 0.2) is 0 Å². The van der Waals surface area contributed by atoms with Crippen LogP contribution in [0.5, 0.6) is 5.75 Å². The van der Waals surface area contributed by atoms with E-state index < -0.39 is 0 Å². The van der Waals surface area contributed by atoms with Crippen molar-refractivity contribution in [1.82, 2.24) is 20.0 Å². The molecule has 3 saturated heterocycles. The van der Waals surface area contributed by atoms with Crippen molar-refractivity contribution in [2.75, 3.05) is 52.9 Å². The Morgan fingerprint density at radius 1 is 1.03 bits per heavy atom. The molecule has 0 bridgehead atoms. The lowest BCUT2D eigenvalue weighted by Crippen LogP contribution is -2.62. The maximum absolute atomic E-state index is 14.4. The van der Waals surface area contributed by atoms with Gasteiger partial charge in [0.1, 0.15) is 11.6 Å². The van der Waals surface area contributed by atoms with Gasteiger partial charge in [0.25, 0.3) is 0 Å². The predicted molar refractivity (Wildman–Crippen MR) is 148 cm³/mol. The summed E-state index contributed by atoms with van der Waals surface area (Å²) in [6.45, 7) is 13.5. The van der Waals surface area contributed by atoms with Gasteiger partial charge in [-0.15, -0.1) is 0 Å². The topological polar surface area (TPSA) is 31.0 Å². The first-order valence-corrected chi connectivity index (χ1v) is 14.3. The predicted octanol–water partition coefficient (Wildman–Crippen LogP) is 4.94. The van der Waals surface area contributed by atoms with Crippen molar-refractivity contribution in [3.05, 3.63) is 65.5 Å². The Kier molecular flexibility index (Phi) is 8.50. The summed E-state index contributed by atoms with van der Waals surface area (Å²) in [5, 5.41) is 3.53. The van der Waals surface area contributed by atoms with Crippen LogP contribution in [0.2, 0.25) is 0 Å². The number of methoxy groups -OCH3 is 1. The van der Waals surface area contributed by atoms with Crippen LogP contribution in [0.25, 0.3) is 0 Å². The SMILES string of the molecule is COc1ccc(CN2CCC([C@H](c3cccc(F)c3)N3CCN(C4(C)CCNCC4)C[C@@H]3C)CC2)cc1. The summed E-state index contributed by atoms with van der Waals surface area (Å²) in [6.07, 6.45) is 4.74. The zero-order valence-corrected chi connectivity index (χ0v) is 23.0. The second-order valence-corrected chi connectivity index (χ2v) is 11.7. The third-order valence-corrected chi connectivity index (χ3v) is 9.31. The molecule has 0 unspecified atom stereocenters. The van der Waals surface area contributed by atoms with Crippen LogP contribution in [-0.4, -0.2) is 79.2 Å². The Labute approximate surface area is 223 Å². The van der Waals surface area contributed by atoms with Gasteiger partial charge in [0.2, 0.25) is 0 Å². The molecule has 2 atom stereocenters. The number of benzene rings is 2. The van der Waals surface area contributed by atoms with Crippen molar-refractivity contribution < 1.29 is 9.13 Å². The normalized spacial score (nSPS) is 25.1. The molecule has 2 aromatic carbocycles. The lowest BCUT2D eigenvalue weighted by atomic mass is 9.82. The Morgan fingerprint density at radius 2 is 1.76 bits per heavy atom. The van der Waals surface area contributed by atoms with E-state index in [1.807, 2.05) is 18.2 Å². The molecule has 2 aromatic rings. The van der Waals surface area contributed by atoms with Crippen molar-refractivity contribution in [2.24, 2.45) is 5.92 Å². The fourth-order valence-corrected chi connectivity index (χ4v) is 7.00. The van der Waals surface area contributed by atoms with Gasteiger partial charge in [-0.05, 0) is 107 Å². The minimum Gasteiger partial charge on any atom is -0.497 e. The number of ether oxygens (including phenoxy) is 1. The maximum atomic E-state index is 14.4. The van der Waals surface area contributed by atoms with Gasteiger partial charge >= 0.3 is 0 Å². The lowest BCUT2D eigenvalue weighted by molar-refractivity contribution is -0.0360. The minimum absolute atomic E-state index is 0.118. The van der Waals surface area contributed by atoms with Crippen LogP contribution < -0.4 is 10.1 Å². The molecule has 1 N–H and O–H groups in total. The first-order valence-electron chi connectivity index (χ1n) is 14.3. The highest BCUT2D eigenvalue weighted by Gasteiger charge is 2.41. The molecule has 0 radical (unpaired) electrons. The number of halogens is 1. The van der Waals surface area contributed by atoms with E-state index in [0.717, 1.165) is 76.5 Å². The van der Waals surface area contributed by atoms with Gasteiger partial charge in [-0.2, -0.15) is 0 Å². The highest BCUT2D eigenvalue weighted by Crippen LogP contribution is 2.39. The summed E-state index contributed by atoms with van der Waals surface area (Å²) in [4.78, 5) is 8.02. The van der Waals surface area contributed by atoms with E-state index in [1.54, 1.807) is 19.2 Å². The van der Waals surface area contributed by atoms with E-state index in [-0.39, 0.29) is 11.9 Å². The number of nitrogens with one attached hydrogen (secondary N) is 1. The Morgan fingerprint density at radius 3 is 2.41 bits per heavy atom. The van der Waals surface area contributed by atoms with E-state index in [4.69, 9.17) is 4.74 Å². The van der Waals surface area contributed by atoms with Crippen LogP contribution >= 0.6 is 0 Å². The number of hydrogen-bond acceptors (Lipinski definition) is 5. The summed E-state index contributed by atoms with van der Waals surface area (Å²) < 4.78 is 19.7. The maximum Gasteiger partial charge on any atom is 0.123 e. The van der Waals surface area contributed by atoms with Crippen LogP contribution in [0.15, 0.2) is 48.5 Å². The second-order valence-electron chi connectivity index (χ2n) is 11.7. The zero-order chi connectivity index (χ0) is 25.8. The number of hydrogen-bond donors (Lipinski definition) is 1. The van der Waals surface area contributed by atoms with Gasteiger partial charge in [0, 0.05) is 43.8 Å². The van der Waals surface area contributed by atoms with Crippen LogP contribution in [-0.2, 0) is 6.54 Å². The van der Waals surface area contributed by atoms with E-state index in [0.29, 0.717) is 17.5 Å². The fourth-order valence-electron chi connectivity index (χ4n) is 7.00. The Balaban J connectivity index is 1.27. The lowest BCUT2D eigenvalue weighted by Gasteiger charge is -2.53. The third kappa shape index (κ3) is 6.19. The number of rotatable bonds is 7. The van der Waals surface area contributed by atoms with E-state index in [9.17, 15) is 4.39 Å². The average Bonchev–Trinajstić information content (AvgIpc) is 2.91. The van der Waals surface area contributed by atoms with Crippen LogP contribution in [0, 0.1) is 11.7 Å². The highest BCUT2D eigenvalue weighted by molar-refractivity contribution is 5.27. The molecule has 3 heterocycles. The third-order valence-electron chi connectivity index (χ3n) is 9.31. The molecule has 202 valence electrons. The quantitative estimate of drug-likeness (QED) is 0.573. The molecule has 0 saturated carbocycles. The van der Waals surface area contributed by atoms with E-state index in [2.05, 4.69) is 52.1 Å². The van der Waals surface area contributed by atoms with Crippen molar-refractivity contribution in [3.8, 4) is 5.75 Å². The van der Waals surface area contributed by atoms with Gasteiger partial charge < -0.3 is 10.1 Å². The molecule has 0 spiro atoms. The number of nitrogens with zero attached hydrogens (tertiary/aromatic N) is 3. The number of piperazine rings is 1. The smallest absolute Gasteiger partial charge is 0.123 e. The Hall–Kier alpha value is -1.99. The fraction of sp³-hybridized carbons (Fsp3) is 0.613. The van der Waals surface area contributed by atoms with Crippen LogP contribution in [0.3, 0.4) is 0 Å². The molecule has 3 aliphatic rings. The summed E-state index contributed by atoms with van der Waals surface area (Å²) in [5.74, 6) is 1.33. The number of likely N-dealkylation sites (tertiary alicyclic amines) is 1. The summed E-state index contributed by atoms with van der Waals surface area (Å²) in [5.41, 5.74) is 2.78. The molecule has 0 aliphatic carbocycles. The van der Waals surface area contributed by atoms with Gasteiger partial charge in [-0.25, -0.2) is 4.39 Å². The van der Waals surface area contributed by atoms with Crippen LogP contribution in [0.4, 0.5) is 4.39 Å². The van der Waals surface area contributed by atoms with Crippen molar-refractivity contribution in [1.29, 1.82) is 0 Å². The first-order chi connectivity index (χ1) is 17.9. The molecule has 37 heavy (non-hydrogen) atoms. The molecule has 0 amide bonds. The number of piperidine rings is 2. The van der Waals surface area contributed by atoms with Gasteiger partial charge in [0.05, 0.1) is 7.11 Å².